The zero-order chi connectivity index (χ0) is 12.4. The Kier molecular flexibility index (Phi) is 2.84. The minimum Gasteiger partial charge on any atom is -0.382 e. The first kappa shape index (κ1) is 11.0. The van der Waals surface area contributed by atoms with Crippen molar-refractivity contribution in [1.29, 1.82) is 0 Å². The third-order valence-corrected chi connectivity index (χ3v) is 3.34. The molecule has 0 saturated carbocycles. The highest BCUT2D eigenvalue weighted by Crippen LogP contribution is 2.24. The fraction of sp³-hybridized carbons (Fsp3) is 0.417. The van der Waals surface area contributed by atoms with Gasteiger partial charge in [0.15, 0.2) is 0 Å². The minimum atomic E-state index is 0.440. The van der Waals surface area contributed by atoms with Gasteiger partial charge in [-0.1, -0.05) is 0 Å². The summed E-state index contributed by atoms with van der Waals surface area (Å²) in [5.41, 5.74) is 5.64. The highest BCUT2D eigenvalue weighted by molar-refractivity contribution is 5.35. The van der Waals surface area contributed by atoms with Crippen molar-refractivity contribution in [2.45, 2.75) is 18.9 Å². The summed E-state index contributed by atoms with van der Waals surface area (Å²) < 4.78 is 1.98. The van der Waals surface area contributed by atoms with Crippen LogP contribution >= 0.6 is 0 Å². The lowest BCUT2D eigenvalue weighted by atomic mass is 10.1. The van der Waals surface area contributed by atoms with Crippen LogP contribution in [0.15, 0.2) is 30.9 Å². The molecule has 0 amide bonds. The number of aromatic nitrogens is 4. The van der Waals surface area contributed by atoms with E-state index in [0.29, 0.717) is 11.9 Å². The van der Waals surface area contributed by atoms with Crippen molar-refractivity contribution in [3.8, 4) is 0 Å². The molecule has 1 aliphatic heterocycles. The van der Waals surface area contributed by atoms with Crippen LogP contribution in [0.2, 0.25) is 0 Å². The molecular formula is C12H16N6. The molecule has 0 spiro atoms. The molecule has 2 aromatic rings. The minimum absolute atomic E-state index is 0.440. The van der Waals surface area contributed by atoms with Crippen molar-refractivity contribution >= 4 is 11.6 Å². The molecule has 0 radical (unpaired) electrons. The van der Waals surface area contributed by atoms with E-state index < -0.39 is 0 Å². The molecule has 1 aliphatic rings. The van der Waals surface area contributed by atoms with Crippen LogP contribution in [-0.4, -0.2) is 32.8 Å². The van der Waals surface area contributed by atoms with E-state index in [1.165, 1.54) is 0 Å². The van der Waals surface area contributed by atoms with Crippen LogP contribution < -0.4 is 10.6 Å². The van der Waals surface area contributed by atoms with Crippen molar-refractivity contribution < 1.29 is 0 Å². The molecular weight excluding hydrogens is 228 g/mol. The Labute approximate surface area is 105 Å². The first-order valence-corrected chi connectivity index (χ1v) is 6.14. The average Bonchev–Trinajstić information content (AvgIpc) is 2.87. The molecule has 0 bridgehead atoms. The monoisotopic (exact) mass is 244 g/mol. The molecule has 0 unspecified atom stereocenters. The zero-order valence-corrected chi connectivity index (χ0v) is 10.1. The zero-order valence-electron chi connectivity index (χ0n) is 10.1. The smallest absolute Gasteiger partial charge is 0.147 e. The highest BCUT2D eigenvalue weighted by atomic mass is 15.3. The molecule has 3 rings (SSSR count). The molecule has 0 aromatic carbocycles. The summed E-state index contributed by atoms with van der Waals surface area (Å²) in [6.45, 7) is 1.95. The number of nitrogens with zero attached hydrogens (tertiary/aromatic N) is 5. The number of nitrogens with two attached hydrogens (primary N) is 1. The average molecular weight is 244 g/mol. The largest absolute Gasteiger partial charge is 0.382 e. The summed E-state index contributed by atoms with van der Waals surface area (Å²) in [5.74, 6) is 1.54. The Bertz CT molecular complexity index is 500. The summed E-state index contributed by atoms with van der Waals surface area (Å²) in [4.78, 5) is 10.7. The van der Waals surface area contributed by atoms with Gasteiger partial charge in [-0.15, -0.1) is 0 Å². The maximum atomic E-state index is 5.64. The van der Waals surface area contributed by atoms with Gasteiger partial charge in [0, 0.05) is 31.7 Å². The SMILES string of the molecule is Nc1ccn(C2CCN(c3cnccn3)CC2)n1. The Morgan fingerprint density at radius 1 is 1.22 bits per heavy atom. The van der Waals surface area contributed by atoms with Crippen LogP contribution in [0.1, 0.15) is 18.9 Å². The quantitative estimate of drug-likeness (QED) is 0.856. The normalized spacial score (nSPS) is 17.0. The van der Waals surface area contributed by atoms with Gasteiger partial charge in [0.05, 0.1) is 12.2 Å². The van der Waals surface area contributed by atoms with Gasteiger partial charge in [-0.2, -0.15) is 5.10 Å². The van der Waals surface area contributed by atoms with E-state index in [1.807, 2.05) is 23.1 Å². The van der Waals surface area contributed by atoms with Gasteiger partial charge in [0.2, 0.25) is 0 Å². The standard InChI is InChI=1S/C12H16N6/c13-11-3-8-18(16-11)10-1-6-17(7-2-10)12-9-14-4-5-15-12/h3-5,8-10H,1-2,6-7H2,(H2,13,16). The van der Waals surface area contributed by atoms with Crippen LogP contribution in [0.5, 0.6) is 0 Å². The topological polar surface area (TPSA) is 72.9 Å². The fourth-order valence-electron chi connectivity index (χ4n) is 2.37. The third-order valence-electron chi connectivity index (χ3n) is 3.34. The Balaban J connectivity index is 1.65. The lowest BCUT2D eigenvalue weighted by Crippen LogP contribution is -2.35. The van der Waals surface area contributed by atoms with E-state index >= 15 is 0 Å². The van der Waals surface area contributed by atoms with Gasteiger partial charge in [0.25, 0.3) is 0 Å². The molecule has 0 aliphatic carbocycles. The number of hydrogen-bond acceptors (Lipinski definition) is 5. The number of anilines is 2. The van der Waals surface area contributed by atoms with E-state index in [2.05, 4.69) is 20.0 Å². The van der Waals surface area contributed by atoms with E-state index in [-0.39, 0.29) is 0 Å². The van der Waals surface area contributed by atoms with Crippen LogP contribution in [-0.2, 0) is 0 Å². The lowest BCUT2D eigenvalue weighted by Gasteiger charge is -2.32. The van der Waals surface area contributed by atoms with Crippen molar-refractivity contribution in [2.75, 3.05) is 23.7 Å². The molecule has 2 N–H and O–H groups in total. The number of nitrogen functional groups attached to an aromatic ring is 1. The second kappa shape index (κ2) is 4.64. The maximum Gasteiger partial charge on any atom is 0.147 e. The van der Waals surface area contributed by atoms with Crippen LogP contribution in [0.25, 0.3) is 0 Å². The van der Waals surface area contributed by atoms with E-state index in [1.54, 1.807) is 12.4 Å². The van der Waals surface area contributed by atoms with Crippen LogP contribution in [0.4, 0.5) is 11.6 Å². The predicted octanol–water partition coefficient (Wildman–Crippen LogP) is 1.10. The lowest BCUT2D eigenvalue weighted by molar-refractivity contribution is 0.366. The highest BCUT2D eigenvalue weighted by Gasteiger charge is 2.21. The molecule has 6 heteroatoms. The van der Waals surface area contributed by atoms with Gasteiger partial charge >= 0.3 is 0 Å². The number of rotatable bonds is 2. The maximum absolute atomic E-state index is 5.64. The molecule has 3 heterocycles. The fourth-order valence-corrected chi connectivity index (χ4v) is 2.37. The predicted molar refractivity (Wildman–Crippen MR) is 69.2 cm³/mol. The molecule has 2 aromatic heterocycles. The molecule has 1 saturated heterocycles. The van der Waals surface area contributed by atoms with Gasteiger partial charge in [-0.05, 0) is 18.9 Å². The van der Waals surface area contributed by atoms with E-state index in [4.69, 9.17) is 5.73 Å². The summed E-state index contributed by atoms with van der Waals surface area (Å²) in [7, 11) is 0. The Hall–Kier alpha value is -2.11. The van der Waals surface area contributed by atoms with Crippen LogP contribution in [0, 0.1) is 0 Å². The second-order valence-corrected chi connectivity index (χ2v) is 4.50. The Morgan fingerprint density at radius 3 is 2.67 bits per heavy atom. The molecule has 94 valence electrons. The summed E-state index contributed by atoms with van der Waals surface area (Å²) in [6, 6.07) is 2.28. The molecule has 1 fully saturated rings. The van der Waals surface area contributed by atoms with E-state index in [9.17, 15) is 0 Å². The Morgan fingerprint density at radius 2 is 2.06 bits per heavy atom. The molecule has 6 nitrogen and oxygen atoms in total. The van der Waals surface area contributed by atoms with Gasteiger partial charge in [-0.25, -0.2) is 4.98 Å². The number of piperidine rings is 1. The van der Waals surface area contributed by atoms with Crippen molar-refractivity contribution in [1.82, 2.24) is 19.7 Å². The van der Waals surface area contributed by atoms with Gasteiger partial charge in [-0.3, -0.25) is 9.67 Å². The molecule has 18 heavy (non-hydrogen) atoms. The van der Waals surface area contributed by atoms with Crippen LogP contribution in [0.3, 0.4) is 0 Å². The van der Waals surface area contributed by atoms with Gasteiger partial charge in [0.1, 0.15) is 11.6 Å². The summed E-state index contributed by atoms with van der Waals surface area (Å²) in [5, 5.41) is 4.28. The van der Waals surface area contributed by atoms with Crippen molar-refractivity contribution in [3.05, 3.63) is 30.9 Å². The first-order valence-electron chi connectivity index (χ1n) is 6.14. The first-order chi connectivity index (χ1) is 8.83. The van der Waals surface area contributed by atoms with Crippen molar-refractivity contribution in [3.63, 3.8) is 0 Å². The van der Waals surface area contributed by atoms with E-state index in [0.717, 1.165) is 31.7 Å². The molecule has 0 atom stereocenters. The second-order valence-electron chi connectivity index (χ2n) is 4.50. The summed E-state index contributed by atoms with van der Waals surface area (Å²) in [6.07, 6.45) is 9.30. The number of hydrogen-bond donors (Lipinski definition) is 1. The van der Waals surface area contributed by atoms with Gasteiger partial charge < -0.3 is 10.6 Å². The van der Waals surface area contributed by atoms with Crippen molar-refractivity contribution in [2.24, 2.45) is 0 Å². The third kappa shape index (κ3) is 2.13. The summed E-state index contributed by atoms with van der Waals surface area (Å²) >= 11 is 0.